The number of aliphatic carboxylic acids is 1. The van der Waals surface area contributed by atoms with Gasteiger partial charge in [-0.05, 0) is 13.0 Å². The molecule has 0 saturated carbocycles. The van der Waals surface area contributed by atoms with Crippen molar-refractivity contribution >= 4 is 5.97 Å². The van der Waals surface area contributed by atoms with Gasteiger partial charge < -0.3 is 5.11 Å². The summed E-state index contributed by atoms with van der Waals surface area (Å²) in [5, 5.41) is 11.8. The van der Waals surface area contributed by atoms with E-state index in [1.807, 2.05) is 0 Å². The Bertz CT molecular complexity index is 322. The third kappa shape index (κ3) is 1.51. The summed E-state index contributed by atoms with van der Waals surface area (Å²) in [5.41, 5.74) is -0.595. The Kier molecular flexibility index (Phi) is 2.31. The lowest BCUT2D eigenvalue weighted by Crippen LogP contribution is -2.28. The van der Waals surface area contributed by atoms with Gasteiger partial charge >= 0.3 is 11.9 Å². The molecule has 0 aliphatic carbocycles. The van der Waals surface area contributed by atoms with Gasteiger partial charge in [-0.25, -0.2) is 4.79 Å². The molecule has 0 fully saturated rings. The maximum absolute atomic E-state index is 12.9. The molecule has 6 heteroatoms. The fourth-order valence-electron chi connectivity index (χ4n) is 0.961. The smallest absolute Gasteiger partial charge is 0.383 e. The van der Waals surface area contributed by atoms with E-state index in [2.05, 4.69) is 5.10 Å². The van der Waals surface area contributed by atoms with E-state index in [4.69, 9.17) is 5.11 Å². The molecule has 1 aromatic rings. The predicted octanol–water partition coefficient (Wildman–Crippen LogP) is 1.08. The van der Waals surface area contributed by atoms with Gasteiger partial charge in [0.25, 0.3) is 0 Å². The van der Waals surface area contributed by atoms with E-state index in [-0.39, 0.29) is 6.54 Å². The van der Waals surface area contributed by atoms with Crippen LogP contribution in [0.4, 0.5) is 8.78 Å². The summed E-state index contributed by atoms with van der Waals surface area (Å²) < 4.78 is 26.8. The van der Waals surface area contributed by atoms with E-state index in [1.54, 1.807) is 6.92 Å². The van der Waals surface area contributed by atoms with Crippen LogP contribution in [-0.4, -0.2) is 20.9 Å². The molecular weight excluding hydrogens is 182 g/mol. The number of carbonyl (C=O) groups is 1. The first-order valence-corrected chi connectivity index (χ1v) is 3.63. The molecule has 72 valence electrons. The van der Waals surface area contributed by atoms with Crippen molar-refractivity contribution in [2.24, 2.45) is 0 Å². The lowest BCUT2D eigenvalue weighted by atomic mass is 10.2. The SMILES string of the molecule is CCn1nccc1C(F)(F)C(=O)O. The number of rotatable bonds is 3. The van der Waals surface area contributed by atoms with Crippen LogP contribution in [0.2, 0.25) is 0 Å². The van der Waals surface area contributed by atoms with Crippen LogP contribution in [0.5, 0.6) is 0 Å². The predicted molar refractivity (Wildman–Crippen MR) is 39.4 cm³/mol. The van der Waals surface area contributed by atoms with Gasteiger partial charge in [-0.2, -0.15) is 13.9 Å². The number of nitrogens with zero attached hydrogens (tertiary/aromatic N) is 2. The van der Waals surface area contributed by atoms with Crippen molar-refractivity contribution in [3.05, 3.63) is 18.0 Å². The number of hydrogen-bond acceptors (Lipinski definition) is 2. The van der Waals surface area contributed by atoms with E-state index in [0.29, 0.717) is 0 Å². The largest absolute Gasteiger partial charge is 0.476 e. The first-order chi connectivity index (χ1) is 6.00. The number of aryl methyl sites for hydroxylation is 1. The molecule has 0 bridgehead atoms. The summed E-state index contributed by atoms with van der Waals surface area (Å²) >= 11 is 0. The van der Waals surface area contributed by atoms with Gasteiger partial charge in [0.1, 0.15) is 5.69 Å². The van der Waals surface area contributed by atoms with Crippen LogP contribution in [-0.2, 0) is 17.3 Å². The first-order valence-electron chi connectivity index (χ1n) is 3.63. The molecule has 0 aliphatic heterocycles. The van der Waals surface area contributed by atoms with Crippen LogP contribution in [0, 0.1) is 0 Å². The molecule has 0 atom stereocenters. The Morgan fingerprint density at radius 1 is 1.77 bits per heavy atom. The minimum absolute atomic E-state index is 0.213. The highest BCUT2D eigenvalue weighted by Crippen LogP contribution is 2.27. The first kappa shape index (κ1) is 9.63. The van der Waals surface area contributed by atoms with Crippen LogP contribution in [0.25, 0.3) is 0 Å². The normalized spacial score (nSPS) is 11.6. The van der Waals surface area contributed by atoms with E-state index in [9.17, 15) is 13.6 Å². The summed E-state index contributed by atoms with van der Waals surface area (Å²) in [5.74, 6) is -6.03. The number of halogens is 2. The molecular formula is C7H8F2N2O2. The Morgan fingerprint density at radius 2 is 2.38 bits per heavy atom. The summed E-state index contributed by atoms with van der Waals surface area (Å²) in [6.45, 7) is 1.82. The monoisotopic (exact) mass is 190 g/mol. The van der Waals surface area contributed by atoms with Gasteiger partial charge in [0, 0.05) is 12.7 Å². The second-order valence-corrected chi connectivity index (χ2v) is 2.41. The minimum atomic E-state index is -3.87. The fraction of sp³-hybridized carbons (Fsp3) is 0.429. The molecule has 1 heterocycles. The van der Waals surface area contributed by atoms with Crippen LogP contribution < -0.4 is 0 Å². The van der Waals surface area contributed by atoms with Crippen molar-refractivity contribution in [1.82, 2.24) is 9.78 Å². The van der Waals surface area contributed by atoms with Gasteiger partial charge in [-0.1, -0.05) is 0 Å². The van der Waals surface area contributed by atoms with E-state index >= 15 is 0 Å². The maximum atomic E-state index is 12.9. The fourth-order valence-corrected chi connectivity index (χ4v) is 0.961. The number of aromatic nitrogens is 2. The second kappa shape index (κ2) is 3.12. The number of carboxylic acid groups (broad SMARTS) is 1. The van der Waals surface area contributed by atoms with Gasteiger partial charge in [-0.3, -0.25) is 4.68 Å². The molecule has 1 N–H and O–H groups in total. The molecule has 1 rings (SSSR count). The highest BCUT2D eigenvalue weighted by molar-refractivity contribution is 5.76. The topological polar surface area (TPSA) is 55.1 Å². The third-order valence-corrected chi connectivity index (χ3v) is 1.61. The molecule has 0 spiro atoms. The van der Waals surface area contributed by atoms with Crippen molar-refractivity contribution in [3.63, 3.8) is 0 Å². The standard InChI is InChI=1S/C7H8F2N2O2/c1-2-11-5(3-4-10-11)7(8,9)6(12)13/h3-4H,2H2,1H3,(H,12,13). The van der Waals surface area contributed by atoms with Crippen molar-refractivity contribution in [3.8, 4) is 0 Å². The quantitative estimate of drug-likeness (QED) is 0.775. The third-order valence-electron chi connectivity index (χ3n) is 1.61. The molecule has 0 unspecified atom stereocenters. The van der Waals surface area contributed by atoms with Gasteiger partial charge in [0.2, 0.25) is 0 Å². The Morgan fingerprint density at radius 3 is 2.85 bits per heavy atom. The molecule has 0 radical (unpaired) electrons. The Balaban J connectivity index is 3.13. The second-order valence-electron chi connectivity index (χ2n) is 2.41. The minimum Gasteiger partial charge on any atom is -0.476 e. The van der Waals surface area contributed by atoms with E-state index in [1.165, 1.54) is 0 Å². The van der Waals surface area contributed by atoms with E-state index < -0.39 is 17.6 Å². The van der Waals surface area contributed by atoms with Crippen molar-refractivity contribution in [2.75, 3.05) is 0 Å². The average Bonchev–Trinajstić information content (AvgIpc) is 2.51. The zero-order valence-corrected chi connectivity index (χ0v) is 6.87. The summed E-state index contributed by atoms with van der Waals surface area (Å²) in [6.07, 6.45) is 1.15. The van der Waals surface area contributed by atoms with Crippen LogP contribution >= 0.6 is 0 Å². The molecule has 13 heavy (non-hydrogen) atoms. The van der Waals surface area contributed by atoms with Gasteiger partial charge in [0.15, 0.2) is 0 Å². The highest BCUT2D eigenvalue weighted by atomic mass is 19.3. The number of carboxylic acids is 1. The number of hydrogen-bond donors (Lipinski definition) is 1. The summed E-state index contributed by atoms with van der Waals surface area (Å²) in [7, 11) is 0. The Labute approximate surface area is 72.8 Å². The van der Waals surface area contributed by atoms with Gasteiger partial charge in [-0.15, -0.1) is 0 Å². The lowest BCUT2D eigenvalue weighted by Gasteiger charge is -2.11. The van der Waals surface area contributed by atoms with Gasteiger partial charge in [0.05, 0.1) is 0 Å². The Hall–Kier alpha value is -1.46. The molecule has 0 amide bonds. The van der Waals surface area contributed by atoms with Crippen molar-refractivity contribution in [2.45, 2.75) is 19.4 Å². The summed E-state index contributed by atoms with van der Waals surface area (Å²) in [6, 6.07) is 0.998. The maximum Gasteiger partial charge on any atom is 0.383 e. The zero-order valence-electron chi connectivity index (χ0n) is 6.87. The molecule has 0 aromatic carbocycles. The number of alkyl halides is 2. The van der Waals surface area contributed by atoms with Crippen LogP contribution in [0.15, 0.2) is 12.3 Å². The average molecular weight is 190 g/mol. The molecule has 0 saturated heterocycles. The lowest BCUT2D eigenvalue weighted by molar-refractivity contribution is -0.167. The molecule has 4 nitrogen and oxygen atoms in total. The molecule has 0 aliphatic rings. The van der Waals surface area contributed by atoms with Crippen LogP contribution in [0.3, 0.4) is 0 Å². The molecule has 1 aromatic heterocycles. The highest BCUT2D eigenvalue weighted by Gasteiger charge is 2.43. The van der Waals surface area contributed by atoms with Crippen molar-refractivity contribution in [1.29, 1.82) is 0 Å². The van der Waals surface area contributed by atoms with E-state index in [0.717, 1.165) is 16.9 Å². The van der Waals surface area contributed by atoms with Crippen molar-refractivity contribution < 1.29 is 18.7 Å². The van der Waals surface area contributed by atoms with Crippen LogP contribution in [0.1, 0.15) is 12.6 Å². The zero-order chi connectivity index (χ0) is 10.1. The summed E-state index contributed by atoms with van der Waals surface area (Å²) in [4.78, 5) is 10.2.